The van der Waals surface area contributed by atoms with Crippen LogP contribution in [0, 0.1) is 0 Å². The Labute approximate surface area is 99.3 Å². The molecule has 0 aromatic heterocycles. The third kappa shape index (κ3) is 4.24. The maximum atomic E-state index is 10.9. The number of carbonyl (C=O) groups excluding carboxylic acids is 2. The van der Waals surface area contributed by atoms with Crippen LogP contribution in [0.25, 0.3) is 0 Å². The minimum atomic E-state index is -0.863. The fourth-order valence-electron chi connectivity index (χ4n) is 1.25. The van der Waals surface area contributed by atoms with E-state index in [0.29, 0.717) is 11.8 Å². The smallest absolute Gasteiger partial charge is 0.438 e. The molecular formula is C12H14O5. The fraction of sp³-hybridized carbons (Fsp3) is 0.333. The molecule has 0 N–H and O–H groups in total. The number of aldehydes is 1. The molecule has 0 heterocycles. The predicted octanol–water partition coefficient (Wildman–Crippen LogP) is 2.07. The van der Waals surface area contributed by atoms with Crippen LogP contribution in [-0.4, -0.2) is 25.8 Å². The van der Waals surface area contributed by atoms with E-state index in [-0.39, 0.29) is 0 Å². The van der Waals surface area contributed by atoms with E-state index < -0.39 is 18.5 Å². The van der Waals surface area contributed by atoms with Gasteiger partial charge in [0.15, 0.2) is 6.29 Å². The number of methoxy groups -OCH3 is 1. The van der Waals surface area contributed by atoms with Gasteiger partial charge in [0.25, 0.3) is 0 Å². The Balaban J connectivity index is 2.58. The highest BCUT2D eigenvalue weighted by molar-refractivity contribution is 5.60. The average Bonchev–Trinajstić information content (AvgIpc) is 2.36. The molecule has 0 amide bonds. The molecule has 0 saturated heterocycles. The van der Waals surface area contributed by atoms with Crippen molar-refractivity contribution in [1.29, 1.82) is 0 Å². The normalized spacial score (nSPS) is 13.5. The maximum absolute atomic E-state index is 10.9. The Kier molecular flexibility index (Phi) is 5.16. The third-order valence-corrected chi connectivity index (χ3v) is 2.02. The molecule has 5 nitrogen and oxygen atoms in total. The lowest BCUT2D eigenvalue weighted by Gasteiger charge is -2.17. The summed E-state index contributed by atoms with van der Waals surface area (Å²) in [5, 5.41) is 0. The summed E-state index contributed by atoms with van der Waals surface area (Å²) in [5.41, 5.74) is 0.697. The summed E-state index contributed by atoms with van der Waals surface area (Å²) in [6.45, 7) is 1.51. The Morgan fingerprint density at radius 1 is 1.29 bits per heavy atom. The zero-order valence-electron chi connectivity index (χ0n) is 9.66. The molecule has 0 bridgehead atoms. The highest BCUT2D eigenvalue weighted by Gasteiger charge is 2.17. The molecule has 0 spiro atoms. The second-order valence-corrected chi connectivity index (χ2v) is 3.24. The summed E-state index contributed by atoms with van der Waals surface area (Å²) in [6.07, 6.45) is -1.84. The van der Waals surface area contributed by atoms with Gasteiger partial charge >= 0.3 is 6.16 Å². The van der Waals surface area contributed by atoms with Crippen molar-refractivity contribution in [2.45, 2.75) is 19.3 Å². The maximum Gasteiger partial charge on any atom is 0.510 e. The second kappa shape index (κ2) is 6.65. The molecule has 92 valence electrons. The molecule has 0 saturated carbocycles. The SMILES string of the molecule is COC(=O)OC(C)OC(C=O)c1ccccc1. The van der Waals surface area contributed by atoms with Gasteiger partial charge in [-0.25, -0.2) is 4.79 Å². The summed E-state index contributed by atoms with van der Waals surface area (Å²) in [6, 6.07) is 8.93. The molecule has 2 unspecified atom stereocenters. The number of hydrogen-bond donors (Lipinski definition) is 0. The van der Waals surface area contributed by atoms with Crippen LogP contribution in [0.15, 0.2) is 30.3 Å². The van der Waals surface area contributed by atoms with Crippen molar-refractivity contribution in [3.8, 4) is 0 Å². The van der Waals surface area contributed by atoms with Gasteiger partial charge in [0.2, 0.25) is 6.29 Å². The van der Waals surface area contributed by atoms with Gasteiger partial charge in [-0.3, -0.25) is 0 Å². The van der Waals surface area contributed by atoms with Gasteiger partial charge < -0.3 is 19.0 Å². The van der Waals surface area contributed by atoms with E-state index in [9.17, 15) is 9.59 Å². The van der Waals surface area contributed by atoms with Crippen LogP contribution in [0.3, 0.4) is 0 Å². The van der Waals surface area contributed by atoms with Gasteiger partial charge in [-0.15, -0.1) is 0 Å². The van der Waals surface area contributed by atoms with E-state index in [2.05, 4.69) is 4.74 Å². The van der Waals surface area contributed by atoms with Crippen molar-refractivity contribution in [3.05, 3.63) is 35.9 Å². The summed E-state index contributed by atoms with van der Waals surface area (Å²) >= 11 is 0. The summed E-state index contributed by atoms with van der Waals surface area (Å²) in [7, 11) is 1.20. The molecule has 1 aromatic rings. The van der Waals surface area contributed by atoms with Crippen molar-refractivity contribution in [2.75, 3.05) is 7.11 Å². The average molecular weight is 238 g/mol. The van der Waals surface area contributed by atoms with Gasteiger partial charge in [0, 0.05) is 0 Å². The van der Waals surface area contributed by atoms with Gasteiger partial charge in [0.1, 0.15) is 6.10 Å². The van der Waals surface area contributed by atoms with Crippen LogP contribution < -0.4 is 0 Å². The zero-order chi connectivity index (χ0) is 12.7. The van der Waals surface area contributed by atoms with Crippen molar-refractivity contribution >= 4 is 12.4 Å². The van der Waals surface area contributed by atoms with Crippen LogP contribution in [-0.2, 0) is 19.0 Å². The molecule has 17 heavy (non-hydrogen) atoms. The highest BCUT2D eigenvalue weighted by atomic mass is 16.8. The quantitative estimate of drug-likeness (QED) is 0.446. The molecule has 0 fully saturated rings. The number of benzene rings is 1. The standard InChI is InChI=1S/C12H14O5/c1-9(17-12(14)15-2)16-11(8-13)10-6-4-3-5-7-10/h3-9,11H,1-2H3. The number of ether oxygens (including phenoxy) is 3. The minimum absolute atomic E-state index is 0.645. The number of rotatable bonds is 5. The van der Waals surface area contributed by atoms with Gasteiger partial charge in [0.05, 0.1) is 7.11 Å². The van der Waals surface area contributed by atoms with Crippen LogP contribution in [0.5, 0.6) is 0 Å². The molecule has 0 aliphatic heterocycles. The molecule has 2 atom stereocenters. The molecule has 0 aliphatic carbocycles. The minimum Gasteiger partial charge on any atom is -0.438 e. The zero-order valence-corrected chi connectivity index (χ0v) is 9.66. The predicted molar refractivity (Wildman–Crippen MR) is 59.3 cm³/mol. The Morgan fingerprint density at radius 2 is 1.94 bits per heavy atom. The molecule has 1 rings (SSSR count). The Hall–Kier alpha value is -1.88. The van der Waals surface area contributed by atoms with E-state index in [1.165, 1.54) is 14.0 Å². The first-order chi connectivity index (χ1) is 8.17. The fourth-order valence-corrected chi connectivity index (χ4v) is 1.25. The largest absolute Gasteiger partial charge is 0.510 e. The van der Waals surface area contributed by atoms with Crippen molar-refractivity contribution < 1.29 is 23.8 Å². The van der Waals surface area contributed by atoms with Crippen molar-refractivity contribution in [2.24, 2.45) is 0 Å². The topological polar surface area (TPSA) is 61.8 Å². The lowest BCUT2D eigenvalue weighted by Crippen LogP contribution is -2.21. The van der Waals surface area contributed by atoms with Gasteiger partial charge in [-0.05, 0) is 12.5 Å². The van der Waals surface area contributed by atoms with E-state index in [1.807, 2.05) is 6.07 Å². The van der Waals surface area contributed by atoms with Crippen LogP contribution in [0.2, 0.25) is 0 Å². The molecule has 1 aromatic carbocycles. The van der Waals surface area contributed by atoms with Crippen LogP contribution in [0.1, 0.15) is 18.6 Å². The first-order valence-corrected chi connectivity index (χ1v) is 5.07. The van der Waals surface area contributed by atoms with E-state index in [1.54, 1.807) is 24.3 Å². The summed E-state index contributed by atoms with van der Waals surface area (Å²) < 4.78 is 14.3. The van der Waals surface area contributed by atoms with Crippen molar-refractivity contribution in [1.82, 2.24) is 0 Å². The Morgan fingerprint density at radius 3 is 2.47 bits per heavy atom. The highest BCUT2D eigenvalue weighted by Crippen LogP contribution is 2.17. The molecule has 5 heteroatoms. The summed E-state index contributed by atoms with van der Waals surface area (Å²) in [4.78, 5) is 21.7. The first kappa shape index (κ1) is 13.2. The van der Waals surface area contributed by atoms with E-state index >= 15 is 0 Å². The number of hydrogen-bond acceptors (Lipinski definition) is 5. The lowest BCUT2D eigenvalue weighted by molar-refractivity contribution is -0.151. The monoisotopic (exact) mass is 238 g/mol. The van der Waals surface area contributed by atoms with Gasteiger partial charge in [-0.2, -0.15) is 0 Å². The first-order valence-electron chi connectivity index (χ1n) is 5.07. The molecule has 0 aliphatic rings. The van der Waals surface area contributed by atoms with Crippen LogP contribution in [0.4, 0.5) is 4.79 Å². The van der Waals surface area contributed by atoms with E-state index in [0.717, 1.165) is 0 Å². The molecule has 0 radical (unpaired) electrons. The van der Waals surface area contributed by atoms with E-state index in [4.69, 9.17) is 9.47 Å². The van der Waals surface area contributed by atoms with Crippen molar-refractivity contribution in [3.63, 3.8) is 0 Å². The van der Waals surface area contributed by atoms with Gasteiger partial charge in [-0.1, -0.05) is 30.3 Å². The number of carbonyl (C=O) groups is 2. The Bertz CT molecular complexity index is 362. The van der Waals surface area contributed by atoms with Crippen LogP contribution >= 0.6 is 0 Å². The third-order valence-electron chi connectivity index (χ3n) is 2.02. The lowest BCUT2D eigenvalue weighted by atomic mass is 10.1. The second-order valence-electron chi connectivity index (χ2n) is 3.24. The molecular weight excluding hydrogens is 224 g/mol. The summed E-state index contributed by atoms with van der Waals surface area (Å²) in [5.74, 6) is 0.